The van der Waals surface area contributed by atoms with Crippen molar-refractivity contribution in [1.29, 1.82) is 0 Å². The van der Waals surface area contributed by atoms with E-state index in [1.54, 1.807) is 6.07 Å². The second-order valence-corrected chi connectivity index (χ2v) is 4.67. The Morgan fingerprint density at radius 1 is 1.00 bits per heavy atom. The molecule has 0 saturated carbocycles. The highest BCUT2D eigenvalue weighted by Gasteiger charge is 2.14. The molecule has 0 heterocycles. The molecule has 0 aliphatic heterocycles. The summed E-state index contributed by atoms with van der Waals surface area (Å²) in [5.74, 6) is -0.600. The fourth-order valence-electron chi connectivity index (χ4n) is 1.58. The lowest BCUT2D eigenvalue weighted by Crippen LogP contribution is -2.12. The summed E-state index contributed by atoms with van der Waals surface area (Å²) in [5.41, 5.74) is 0.517. The molecule has 1 aromatic rings. The molecule has 25 heavy (non-hydrogen) atoms. The summed E-state index contributed by atoms with van der Waals surface area (Å²) in [5, 5.41) is 0. The average Bonchev–Trinajstić information content (AvgIpc) is 2.61. The molecule has 0 radical (unpaired) electrons. The van der Waals surface area contributed by atoms with Crippen LogP contribution in [0.1, 0.15) is 25.3 Å². The van der Waals surface area contributed by atoms with Gasteiger partial charge >= 0.3 is 18.3 Å². The van der Waals surface area contributed by atoms with Crippen LogP contribution in [-0.2, 0) is 19.0 Å². The molecule has 0 amide bonds. The zero-order valence-electron chi connectivity index (χ0n) is 14.3. The van der Waals surface area contributed by atoms with Crippen molar-refractivity contribution in [3.8, 4) is 11.5 Å². The molecule has 1 rings (SSSR count). The number of ether oxygens (including phenoxy) is 5. The maximum atomic E-state index is 11.6. The average molecular weight is 352 g/mol. The standard InChI is InChI=1S/C17H20O8/c1-4-5-10-23-15(18)9-7-12-6-8-13(24-16(19)21-2)14(11-12)25-17(20)22-3/h6-9,11H,4-5,10H2,1-3H3. The van der Waals surface area contributed by atoms with Crippen LogP contribution in [0.5, 0.6) is 11.5 Å². The Bertz CT molecular complexity index is 636. The van der Waals surface area contributed by atoms with Crippen molar-refractivity contribution in [3.05, 3.63) is 29.8 Å². The van der Waals surface area contributed by atoms with Gasteiger partial charge in [0, 0.05) is 6.08 Å². The lowest BCUT2D eigenvalue weighted by atomic mass is 10.2. The minimum Gasteiger partial charge on any atom is -0.463 e. The van der Waals surface area contributed by atoms with Crippen LogP contribution in [0, 0.1) is 0 Å². The van der Waals surface area contributed by atoms with Gasteiger partial charge in [0.1, 0.15) is 0 Å². The Labute approximate surface area is 145 Å². The Morgan fingerprint density at radius 2 is 1.64 bits per heavy atom. The van der Waals surface area contributed by atoms with Crippen LogP contribution in [0.25, 0.3) is 6.08 Å². The van der Waals surface area contributed by atoms with Gasteiger partial charge in [-0.05, 0) is 30.2 Å². The minimum absolute atomic E-state index is 0.0417. The molecular formula is C17H20O8. The molecule has 8 heteroatoms. The number of esters is 1. The second kappa shape index (κ2) is 10.7. The van der Waals surface area contributed by atoms with Crippen LogP contribution in [0.4, 0.5) is 9.59 Å². The van der Waals surface area contributed by atoms with E-state index in [0.717, 1.165) is 27.1 Å². The monoisotopic (exact) mass is 352 g/mol. The summed E-state index contributed by atoms with van der Waals surface area (Å²) in [6.45, 7) is 2.34. The third-order valence-electron chi connectivity index (χ3n) is 2.84. The van der Waals surface area contributed by atoms with Crippen LogP contribution < -0.4 is 9.47 Å². The summed E-state index contributed by atoms with van der Waals surface area (Å²) in [6.07, 6.45) is 2.46. The quantitative estimate of drug-likeness (QED) is 0.242. The number of methoxy groups -OCH3 is 2. The molecule has 0 bridgehead atoms. The maximum absolute atomic E-state index is 11.6. The fraction of sp³-hybridized carbons (Fsp3) is 0.353. The van der Waals surface area contributed by atoms with Gasteiger partial charge in [-0.3, -0.25) is 0 Å². The van der Waals surface area contributed by atoms with Crippen molar-refractivity contribution < 1.29 is 38.1 Å². The lowest BCUT2D eigenvalue weighted by molar-refractivity contribution is -0.137. The first-order chi connectivity index (χ1) is 12.0. The molecule has 0 aromatic heterocycles. The van der Waals surface area contributed by atoms with Crippen LogP contribution in [0.3, 0.4) is 0 Å². The second-order valence-electron chi connectivity index (χ2n) is 4.67. The molecule has 0 spiro atoms. The minimum atomic E-state index is -0.991. The van der Waals surface area contributed by atoms with Gasteiger partial charge < -0.3 is 23.7 Å². The predicted octanol–water partition coefficient (Wildman–Crippen LogP) is 3.33. The van der Waals surface area contributed by atoms with E-state index in [2.05, 4.69) is 9.47 Å². The molecular weight excluding hydrogens is 332 g/mol. The summed E-state index contributed by atoms with van der Waals surface area (Å²) in [4.78, 5) is 34.1. The Balaban J connectivity index is 2.90. The van der Waals surface area contributed by atoms with Gasteiger partial charge in [0.2, 0.25) is 0 Å². The molecule has 0 aliphatic rings. The molecule has 0 atom stereocenters. The van der Waals surface area contributed by atoms with E-state index in [9.17, 15) is 14.4 Å². The topological polar surface area (TPSA) is 97.4 Å². The van der Waals surface area contributed by atoms with Gasteiger partial charge in [0.05, 0.1) is 20.8 Å². The summed E-state index contributed by atoms with van der Waals surface area (Å²) < 4.78 is 23.6. The molecule has 0 unspecified atom stereocenters. The first-order valence-electron chi connectivity index (χ1n) is 7.50. The van der Waals surface area contributed by atoms with Gasteiger partial charge in [-0.1, -0.05) is 19.4 Å². The normalized spacial score (nSPS) is 10.2. The highest BCUT2D eigenvalue weighted by atomic mass is 16.7. The highest BCUT2D eigenvalue weighted by molar-refractivity contribution is 5.87. The van der Waals surface area contributed by atoms with Gasteiger partial charge in [0.15, 0.2) is 11.5 Å². The fourth-order valence-corrected chi connectivity index (χ4v) is 1.58. The van der Waals surface area contributed by atoms with Crippen LogP contribution >= 0.6 is 0 Å². The van der Waals surface area contributed by atoms with E-state index in [1.165, 1.54) is 24.3 Å². The molecule has 8 nitrogen and oxygen atoms in total. The van der Waals surface area contributed by atoms with E-state index in [1.807, 2.05) is 6.92 Å². The van der Waals surface area contributed by atoms with E-state index in [0.29, 0.717) is 12.2 Å². The highest BCUT2D eigenvalue weighted by Crippen LogP contribution is 2.29. The molecule has 0 fully saturated rings. The summed E-state index contributed by atoms with van der Waals surface area (Å²) >= 11 is 0. The zero-order chi connectivity index (χ0) is 18.7. The van der Waals surface area contributed by atoms with E-state index in [4.69, 9.17) is 14.2 Å². The maximum Gasteiger partial charge on any atom is 0.513 e. The van der Waals surface area contributed by atoms with Crippen LogP contribution in [0.15, 0.2) is 24.3 Å². The van der Waals surface area contributed by atoms with Gasteiger partial charge in [-0.2, -0.15) is 0 Å². The van der Waals surface area contributed by atoms with Gasteiger partial charge in [-0.15, -0.1) is 0 Å². The smallest absolute Gasteiger partial charge is 0.463 e. The number of hydrogen-bond donors (Lipinski definition) is 0. The number of carbonyl (C=O) groups is 3. The van der Waals surface area contributed by atoms with Gasteiger partial charge in [-0.25, -0.2) is 14.4 Å². The third kappa shape index (κ3) is 7.38. The molecule has 136 valence electrons. The summed E-state index contributed by atoms with van der Waals surface area (Å²) in [7, 11) is 2.28. The first-order valence-corrected chi connectivity index (χ1v) is 7.50. The number of unbranched alkanes of at least 4 members (excludes halogenated alkanes) is 1. The van der Waals surface area contributed by atoms with Crippen molar-refractivity contribution in [2.24, 2.45) is 0 Å². The SMILES string of the molecule is CCCCOC(=O)C=Cc1ccc(OC(=O)OC)c(OC(=O)OC)c1. The van der Waals surface area contributed by atoms with Crippen LogP contribution in [0.2, 0.25) is 0 Å². The Morgan fingerprint density at radius 3 is 2.24 bits per heavy atom. The Kier molecular flexibility index (Phi) is 8.56. The molecule has 1 aromatic carbocycles. The van der Waals surface area contributed by atoms with Gasteiger partial charge in [0.25, 0.3) is 0 Å². The van der Waals surface area contributed by atoms with Crippen molar-refractivity contribution in [2.45, 2.75) is 19.8 Å². The number of hydrogen-bond acceptors (Lipinski definition) is 8. The van der Waals surface area contributed by atoms with Crippen molar-refractivity contribution >= 4 is 24.4 Å². The summed E-state index contributed by atoms with van der Waals surface area (Å²) in [6, 6.07) is 4.33. The van der Waals surface area contributed by atoms with Crippen molar-refractivity contribution in [2.75, 3.05) is 20.8 Å². The van der Waals surface area contributed by atoms with Crippen LogP contribution in [-0.4, -0.2) is 39.1 Å². The molecule has 0 saturated heterocycles. The first kappa shape index (κ1) is 20.0. The lowest BCUT2D eigenvalue weighted by Gasteiger charge is -2.09. The zero-order valence-corrected chi connectivity index (χ0v) is 14.3. The number of carbonyl (C=O) groups excluding carboxylic acids is 3. The number of rotatable bonds is 7. The van der Waals surface area contributed by atoms with E-state index < -0.39 is 18.3 Å². The van der Waals surface area contributed by atoms with Crippen molar-refractivity contribution in [1.82, 2.24) is 0 Å². The van der Waals surface area contributed by atoms with Crippen molar-refractivity contribution in [3.63, 3.8) is 0 Å². The molecule has 0 N–H and O–H groups in total. The Hall–Kier alpha value is -3.03. The van der Waals surface area contributed by atoms with E-state index in [-0.39, 0.29) is 11.5 Å². The number of benzene rings is 1. The third-order valence-corrected chi connectivity index (χ3v) is 2.84. The largest absolute Gasteiger partial charge is 0.513 e. The predicted molar refractivity (Wildman–Crippen MR) is 87.4 cm³/mol. The van der Waals surface area contributed by atoms with E-state index >= 15 is 0 Å². The molecule has 0 aliphatic carbocycles.